The number of amides is 1. The van der Waals surface area contributed by atoms with Crippen molar-refractivity contribution in [2.75, 3.05) is 0 Å². The number of cyclic esters (lactones) is 1. The van der Waals surface area contributed by atoms with E-state index in [1.54, 1.807) is 5.38 Å². The van der Waals surface area contributed by atoms with Crippen molar-refractivity contribution in [3.63, 3.8) is 0 Å². The summed E-state index contributed by atoms with van der Waals surface area (Å²) in [6, 6.07) is 3.78. The van der Waals surface area contributed by atoms with Crippen molar-refractivity contribution in [3.05, 3.63) is 75.5 Å². The molecule has 3 aromatic rings. The molecule has 1 aromatic heterocycles. The van der Waals surface area contributed by atoms with E-state index < -0.39 is 59.7 Å². The van der Waals surface area contributed by atoms with Crippen LogP contribution in [-0.4, -0.2) is 27.1 Å². The summed E-state index contributed by atoms with van der Waals surface area (Å²) in [4.78, 5) is 18.1. The fourth-order valence-electron chi connectivity index (χ4n) is 4.07. The minimum absolute atomic E-state index is 0.0520. The van der Waals surface area contributed by atoms with Crippen LogP contribution in [0.2, 0.25) is 0 Å². The Bertz CT molecular complexity index is 1360. The Morgan fingerprint density at radius 1 is 1.03 bits per heavy atom. The Morgan fingerprint density at radius 2 is 1.68 bits per heavy atom. The Labute approximate surface area is 216 Å². The monoisotopic (exact) mass is 562 g/mol. The highest BCUT2D eigenvalue weighted by Crippen LogP contribution is 2.40. The van der Waals surface area contributed by atoms with Crippen LogP contribution >= 0.6 is 11.3 Å². The third kappa shape index (κ3) is 5.63. The summed E-state index contributed by atoms with van der Waals surface area (Å²) in [5.74, 6) is -1.18. The number of benzene rings is 2. The number of aromatic nitrogens is 1. The van der Waals surface area contributed by atoms with Gasteiger partial charge < -0.3 is 9.84 Å². The van der Waals surface area contributed by atoms with Gasteiger partial charge in [0.15, 0.2) is 0 Å². The summed E-state index contributed by atoms with van der Waals surface area (Å²) in [6.45, 7) is 4.04. The normalized spacial score (nSPS) is 18.7. The minimum Gasteiger partial charge on any atom is -0.439 e. The van der Waals surface area contributed by atoms with Crippen molar-refractivity contribution in [2.24, 2.45) is 0 Å². The number of ether oxygens (including phenoxy) is 1. The molecule has 1 N–H and O–H groups in total. The van der Waals surface area contributed by atoms with Crippen LogP contribution < -0.4 is 0 Å². The van der Waals surface area contributed by atoms with Gasteiger partial charge in [-0.15, -0.1) is 11.3 Å². The minimum atomic E-state index is -4.84. The molecule has 0 spiro atoms. The van der Waals surface area contributed by atoms with Crippen LogP contribution in [0, 0.1) is 5.82 Å². The molecule has 0 radical (unpaired) electrons. The van der Waals surface area contributed by atoms with Crippen molar-refractivity contribution in [3.8, 4) is 10.6 Å². The summed E-state index contributed by atoms with van der Waals surface area (Å²) < 4.78 is 99.3. The lowest BCUT2D eigenvalue weighted by Gasteiger charge is -2.23. The van der Waals surface area contributed by atoms with E-state index in [4.69, 9.17) is 4.74 Å². The molecule has 204 valence electrons. The van der Waals surface area contributed by atoms with Crippen LogP contribution in [0.25, 0.3) is 10.6 Å². The number of hydrogen-bond donors (Lipinski definition) is 1. The maximum absolute atomic E-state index is 14.0. The van der Waals surface area contributed by atoms with E-state index in [9.17, 15) is 40.6 Å². The summed E-state index contributed by atoms with van der Waals surface area (Å²) in [5.41, 5.74) is -3.17. The van der Waals surface area contributed by atoms with Gasteiger partial charge in [0.25, 0.3) is 0 Å². The Balaban J connectivity index is 1.71. The van der Waals surface area contributed by atoms with Gasteiger partial charge in [0.05, 0.1) is 29.4 Å². The first kappa shape index (κ1) is 27.8. The van der Waals surface area contributed by atoms with Crippen molar-refractivity contribution < 1.29 is 45.4 Å². The maximum Gasteiger partial charge on any atom is 0.416 e. The molecule has 1 aliphatic rings. The molecule has 0 aliphatic carbocycles. The van der Waals surface area contributed by atoms with Gasteiger partial charge in [0.2, 0.25) is 0 Å². The number of nitrogens with zero attached hydrogens (tertiary/aromatic N) is 2. The SMILES string of the molecule is C[C@H]1[C@@H](c2cc(F)cc(C(F)(F)F)c2)OC(=O)N1Cc1cc(C(F)(F)F)ccc1-c1nc(C(C)(C)O)cs1. The van der Waals surface area contributed by atoms with Crippen LogP contribution in [0.15, 0.2) is 41.8 Å². The number of carbonyl (C=O) groups is 1. The largest absolute Gasteiger partial charge is 0.439 e. The second-order valence-corrected chi connectivity index (χ2v) is 10.3. The highest BCUT2D eigenvalue weighted by Gasteiger charge is 2.42. The van der Waals surface area contributed by atoms with Gasteiger partial charge in [-0.1, -0.05) is 6.07 Å². The van der Waals surface area contributed by atoms with Crippen molar-refractivity contribution in [1.29, 1.82) is 0 Å². The van der Waals surface area contributed by atoms with E-state index in [-0.39, 0.29) is 16.7 Å². The fourth-order valence-corrected chi connectivity index (χ4v) is 5.11. The smallest absolute Gasteiger partial charge is 0.416 e. The second-order valence-electron chi connectivity index (χ2n) is 9.41. The van der Waals surface area contributed by atoms with Crippen LogP contribution in [0.1, 0.15) is 54.8 Å². The maximum atomic E-state index is 14.0. The lowest BCUT2D eigenvalue weighted by molar-refractivity contribution is -0.138. The van der Waals surface area contributed by atoms with Crippen LogP contribution in [0.5, 0.6) is 0 Å². The number of hydrogen-bond acceptors (Lipinski definition) is 5. The highest BCUT2D eigenvalue weighted by atomic mass is 32.1. The molecule has 2 aromatic carbocycles. The lowest BCUT2D eigenvalue weighted by Crippen LogP contribution is -2.31. The molecule has 1 fully saturated rings. The van der Waals surface area contributed by atoms with Gasteiger partial charge in [-0.25, -0.2) is 14.2 Å². The number of aliphatic hydroxyl groups is 1. The molecular weight excluding hydrogens is 541 g/mol. The van der Waals surface area contributed by atoms with E-state index >= 15 is 0 Å². The molecule has 0 saturated carbocycles. The van der Waals surface area contributed by atoms with E-state index in [0.29, 0.717) is 22.8 Å². The molecule has 5 nitrogen and oxygen atoms in total. The van der Waals surface area contributed by atoms with Gasteiger partial charge in [-0.05, 0) is 62.2 Å². The van der Waals surface area contributed by atoms with Crippen molar-refractivity contribution in [1.82, 2.24) is 9.88 Å². The number of carbonyl (C=O) groups excluding carboxylic acids is 1. The molecule has 1 amide bonds. The zero-order chi connectivity index (χ0) is 28.2. The third-order valence-corrected chi connectivity index (χ3v) is 6.98. The Kier molecular flexibility index (Phi) is 6.98. The first-order valence-corrected chi connectivity index (χ1v) is 12.1. The molecule has 1 saturated heterocycles. The van der Waals surface area contributed by atoms with Crippen molar-refractivity contribution >= 4 is 17.4 Å². The topological polar surface area (TPSA) is 62.7 Å². The molecular formula is C25H21F7N2O3S. The number of halogens is 7. The molecule has 2 heterocycles. The van der Waals surface area contributed by atoms with Gasteiger partial charge in [0.1, 0.15) is 22.5 Å². The van der Waals surface area contributed by atoms with Gasteiger partial charge in [-0.3, -0.25) is 4.90 Å². The first-order valence-electron chi connectivity index (χ1n) is 11.2. The van der Waals surface area contributed by atoms with Gasteiger partial charge in [0, 0.05) is 10.9 Å². The zero-order valence-corrected chi connectivity index (χ0v) is 20.9. The summed E-state index contributed by atoms with van der Waals surface area (Å²) in [7, 11) is 0. The van der Waals surface area contributed by atoms with Crippen LogP contribution in [0.4, 0.5) is 35.5 Å². The van der Waals surface area contributed by atoms with Crippen molar-refractivity contribution in [2.45, 2.75) is 57.4 Å². The van der Waals surface area contributed by atoms with E-state index in [0.717, 1.165) is 34.4 Å². The predicted molar refractivity (Wildman–Crippen MR) is 123 cm³/mol. The summed E-state index contributed by atoms with van der Waals surface area (Å²) >= 11 is 1.08. The van der Waals surface area contributed by atoms with E-state index in [1.165, 1.54) is 26.8 Å². The van der Waals surface area contributed by atoms with E-state index in [1.807, 2.05) is 0 Å². The second kappa shape index (κ2) is 9.53. The molecule has 1 aliphatic heterocycles. The average Bonchev–Trinajstić information content (AvgIpc) is 3.39. The zero-order valence-electron chi connectivity index (χ0n) is 20.1. The molecule has 2 atom stereocenters. The lowest BCUT2D eigenvalue weighted by atomic mass is 9.99. The molecule has 0 bridgehead atoms. The molecule has 0 unspecified atom stereocenters. The Morgan fingerprint density at radius 3 is 2.26 bits per heavy atom. The third-order valence-electron chi connectivity index (χ3n) is 6.10. The molecule has 13 heteroatoms. The molecule has 38 heavy (non-hydrogen) atoms. The Hall–Kier alpha value is -3.19. The fraction of sp³-hybridized carbons (Fsp3) is 0.360. The number of alkyl halides is 6. The summed E-state index contributed by atoms with van der Waals surface area (Å²) in [5, 5.41) is 12.1. The van der Waals surface area contributed by atoms with Crippen LogP contribution in [-0.2, 0) is 29.2 Å². The van der Waals surface area contributed by atoms with Gasteiger partial charge >= 0.3 is 18.4 Å². The standard InChI is InChI=1S/C25H21F7N2O3S/c1-12-20(13-6-16(25(30,31)32)9-17(26)8-13)37-22(35)34(12)10-14-7-15(24(27,28)29)4-5-18(14)21-33-19(11-38-21)23(2,3)36/h4-9,11-12,20,36H,10H2,1-3H3/t12-,20-/m0/s1. The number of rotatable bonds is 5. The predicted octanol–water partition coefficient (Wildman–Crippen LogP) is 7.30. The first-order chi connectivity index (χ1) is 17.4. The number of thiazole rings is 1. The van der Waals surface area contributed by atoms with Gasteiger partial charge in [-0.2, -0.15) is 26.3 Å². The quantitative estimate of drug-likeness (QED) is 0.332. The van der Waals surface area contributed by atoms with E-state index in [2.05, 4.69) is 4.98 Å². The highest BCUT2D eigenvalue weighted by molar-refractivity contribution is 7.13. The molecule has 4 rings (SSSR count). The van der Waals surface area contributed by atoms with Crippen LogP contribution in [0.3, 0.4) is 0 Å². The average molecular weight is 563 g/mol. The summed E-state index contributed by atoms with van der Waals surface area (Å²) in [6.07, 6.45) is -11.8.